The van der Waals surface area contributed by atoms with Crippen LogP contribution in [0.5, 0.6) is 0 Å². The van der Waals surface area contributed by atoms with Crippen molar-refractivity contribution in [3.8, 4) is 22.9 Å². The van der Waals surface area contributed by atoms with Crippen LogP contribution in [0.15, 0.2) is 94.2 Å². The summed E-state index contributed by atoms with van der Waals surface area (Å²) in [7, 11) is -3.73. The third-order valence-corrected chi connectivity index (χ3v) is 5.24. The molecule has 1 heterocycles. The topological polar surface area (TPSA) is 85.1 Å². The molecule has 0 bridgehead atoms. The summed E-state index contributed by atoms with van der Waals surface area (Å²) >= 11 is 0. The molecular weight excluding hydrogens is 362 g/mol. The fraction of sp³-hybridized carbons (Fsp3) is 0. The molecule has 0 aliphatic heterocycles. The van der Waals surface area contributed by atoms with E-state index in [1.165, 1.54) is 12.1 Å². The first-order chi connectivity index (χ1) is 13.1. The summed E-state index contributed by atoms with van der Waals surface area (Å²) in [5.41, 5.74) is 1.82. The van der Waals surface area contributed by atoms with Crippen molar-refractivity contribution in [3.05, 3.63) is 84.9 Å². The standard InChI is InChI=1S/C20H15N3O3S/c24-27(25,23-17-11-5-2-6-12-17)18-13-7-10-16(14-18)20-22-21-19(26-20)15-8-3-1-4-9-15/h1-14,23H. The number of aromatic nitrogens is 2. The van der Waals surface area contributed by atoms with Crippen molar-refractivity contribution in [2.45, 2.75) is 4.90 Å². The third-order valence-electron chi connectivity index (χ3n) is 3.86. The molecule has 0 saturated heterocycles. The van der Waals surface area contributed by atoms with Gasteiger partial charge >= 0.3 is 0 Å². The lowest BCUT2D eigenvalue weighted by molar-refractivity contribution is 0.584. The number of sulfonamides is 1. The molecule has 27 heavy (non-hydrogen) atoms. The second-order valence-corrected chi connectivity index (χ2v) is 7.46. The van der Waals surface area contributed by atoms with Gasteiger partial charge < -0.3 is 4.42 Å². The molecule has 0 aliphatic carbocycles. The number of para-hydroxylation sites is 1. The molecular formula is C20H15N3O3S. The van der Waals surface area contributed by atoms with Crippen LogP contribution in [-0.4, -0.2) is 18.6 Å². The lowest BCUT2D eigenvalue weighted by atomic mass is 10.2. The summed E-state index contributed by atoms with van der Waals surface area (Å²) in [6, 6.07) is 24.5. The lowest BCUT2D eigenvalue weighted by Crippen LogP contribution is -2.12. The van der Waals surface area contributed by atoms with Gasteiger partial charge in [-0.3, -0.25) is 4.72 Å². The van der Waals surface area contributed by atoms with Gasteiger partial charge in [-0.25, -0.2) is 8.42 Å². The van der Waals surface area contributed by atoms with Crippen LogP contribution in [0.3, 0.4) is 0 Å². The second-order valence-electron chi connectivity index (χ2n) is 5.78. The fourth-order valence-corrected chi connectivity index (χ4v) is 3.66. The van der Waals surface area contributed by atoms with E-state index in [1.54, 1.807) is 36.4 Å². The maximum absolute atomic E-state index is 12.6. The largest absolute Gasteiger partial charge is 0.416 e. The van der Waals surface area contributed by atoms with E-state index in [-0.39, 0.29) is 10.8 Å². The Morgan fingerprint density at radius 3 is 2.00 bits per heavy atom. The van der Waals surface area contributed by atoms with Crippen molar-refractivity contribution in [2.24, 2.45) is 0 Å². The minimum absolute atomic E-state index is 0.114. The Morgan fingerprint density at radius 2 is 1.30 bits per heavy atom. The van der Waals surface area contributed by atoms with Crippen molar-refractivity contribution in [2.75, 3.05) is 4.72 Å². The number of rotatable bonds is 5. The summed E-state index contributed by atoms with van der Waals surface area (Å²) in [6.45, 7) is 0. The molecule has 0 unspecified atom stereocenters. The molecule has 4 rings (SSSR count). The maximum atomic E-state index is 12.6. The first kappa shape index (κ1) is 17.0. The molecule has 0 radical (unpaired) electrons. The first-order valence-corrected chi connectivity index (χ1v) is 9.67. The summed E-state index contributed by atoms with van der Waals surface area (Å²) in [5, 5.41) is 8.08. The zero-order chi connectivity index (χ0) is 18.7. The third kappa shape index (κ3) is 3.73. The van der Waals surface area contributed by atoms with E-state index in [0.717, 1.165) is 5.56 Å². The van der Waals surface area contributed by atoms with E-state index in [0.29, 0.717) is 17.1 Å². The van der Waals surface area contributed by atoms with E-state index < -0.39 is 10.0 Å². The summed E-state index contributed by atoms with van der Waals surface area (Å²) in [5.74, 6) is 0.631. The van der Waals surface area contributed by atoms with Crippen LogP contribution in [-0.2, 0) is 10.0 Å². The van der Waals surface area contributed by atoms with Gasteiger partial charge in [-0.15, -0.1) is 10.2 Å². The maximum Gasteiger partial charge on any atom is 0.261 e. The highest BCUT2D eigenvalue weighted by Crippen LogP contribution is 2.26. The van der Waals surface area contributed by atoms with Crippen LogP contribution < -0.4 is 4.72 Å². The molecule has 0 aliphatic rings. The highest BCUT2D eigenvalue weighted by atomic mass is 32.2. The van der Waals surface area contributed by atoms with Gasteiger partial charge in [0, 0.05) is 16.8 Å². The Bertz CT molecular complexity index is 1160. The van der Waals surface area contributed by atoms with Crippen LogP contribution in [0.1, 0.15) is 0 Å². The van der Waals surface area contributed by atoms with Crippen LogP contribution in [0.25, 0.3) is 22.9 Å². The number of nitrogens with one attached hydrogen (secondary N) is 1. The normalized spacial score (nSPS) is 11.3. The first-order valence-electron chi connectivity index (χ1n) is 8.19. The van der Waals surface area contributed by atoms with Crippen LogP contribution in [0.4, 0.5) is 5.69 Å². The molecule has 6 nitrogen and oxygen atoms in total. The van der Waals surface area contributed by atoms with Gasteiger partial charge in [0.15, 0.2) is 0 Å². The minimum atomic E-state index is -3.73. The predicted octanol–water partition coefficient (Wildman–Crippen LogP) is 4.20. The van der Waals surface area contributed by atoms with Gasteiger partial charge in [0.1, 0.15) is 0 Å². The highest BCUT2D eigenvalue weighted by molar-refractivity contribution is 7.92. The van der Waals surface area contributed by atoms with Gasteiger partial charge in [0.25, 0.3) is 10.0 Å². The zero-order valence-corrected chi connectivity index (χ0v) is 14.9. The van der Waals surface area contributed by atoms with Gasteiger partial charge in [0.05, 0.1) is 4.90 Å². The quantitative estimate of drug-likeness (QED) is 0.563. The van der Waals surface area contributed by atoms with Crippen LogP contribution in [0, 0.1) is 0 Å². The van der Waals surface area contributed by atoms with Crippen LogP contribution >= 0.6 is 0 Å². The number of hydrogen-bond acceptors (Lipinski definition) is 5. The van der Waals surface area contributed by atoms with Crippen molar-refractivity contribution in [1.29, 1.82) is 0 Å². The Kier molecular flexibility index (Phi) is 4.43. The monoisotopic (exact) mass is 377 g/mol. The van der Waals surface area contributed by atoms with Crippen molar-refractivity contribution in [3.63, 3.8) is 0 Å². The number of hydrogen-bond donors (Lipinski definition) is 1. The van der Waals surface area contributed by atoms with Gasteiger partial charge in [0.2, 0.25) is 11.8 Å². The Labute approximate surface area is 156 Å². The van der Waals surface area contributed by atoms with E-state index in [1.807, 2.05) is 36.4 Å². The molecule has 0 fully saturated rings. The smallest absolute Gasteiger partial charge is 0.261 e. The molecule has 0 saturated carbocycles. The molecule has 134 valence electrons. The SMILES string of the molecule is O=S(=O)(Nc1ccccc1)c1cccc(-c2nnc(-c3ccccc3)o2)c1. The Hall–Kier alpha value is -3.45. The average molecular weight is 377 g/mol. The van der Waals surface area contributed by atoms with Crippen LogP contribution in [0.2, 0.25) is 0 Å². The molecule has 7 heteroatoms. The second kappa shape index (κ2) is 7.05. The number of benzene rings is 3. The van der Waals surface area contributed by atoms with Gasteiger partial charge in [-0.05, 0) is 42.5 Å². The molecule has 0 spiro atoms. The molecule has 0 atom stereocenters. The highest BCUT2D eigenvalue weighted by Gasteiger charge is 2.17. The lowest BCUT2D eigenvalue weighted by Gasteiger charge is -2.08. The molecule has 4 aromatic rings. The molecule has 3 aromatic carbocycles. The predicted molar refractivity (Wildman–Crippen MR) is 102 cm³/mol. The van der Waals surface area contributed by atoms with Crippen molar-refractivity contribution < 1.29 is 12.8 Å². The van der Waals surface area contributed by atoms with E-state index in [9.17, 15) is 8.42 Å². The molecule has 1 N–H and O–H groups in total. The molecule has 1 aromatic heterocycles. The average Bonchev–Trinajstić information content (AvgIpc) is 3.20. The number of anilines is 1. The summed E-state index contributed by atoms with van der Waals surface area (Å²) in [4.78, 5) is 0.114. The fourth-order valence-electron chi connectivity index (χ4n) is 2.55. The Morgan fingerprint density at radius 1 is 0.704 bits per heavy atom. The summed E-state index contributed by atoms with van der Waals surface area (Å²) in [6.07, 6.45) is 0. The van der Waals surface area contributed by atoms with Crippen molar-refractivity contribution in [1.82, 2.24) is 10.2 Å². The van der Waals surface area contributed by atoms with Gasteiger partial charge in [-0.2, -0.15) is 0 Å². The van der Waals surface area contributed by atoms with E-state index in [4.69, 9.17) is 4.42 Å². The zero-order valence-electron chi connectivity index (χ0n) is 14.1. The Balaban J connectivity index is 1.64. The van der Waals surface area contributed by atoms with Crippen molar-refractivity contribution >= 4 is 15.7 Å². The molecule has 0 amide bonds. The van der Waals surface area contributed by atoms with Gasteiger partial charge in [-0.1, -0.05) is 42.5 Å². The minimum Gasteiger partial charge on any atom is -0.416 e. The van der Waals surface area contributed by atoms with E-state index in [2.05, 4.69) is 14.9 Å². The van der Waals surface area contributed by atoms with E-state index >= 15 is 0 Å². The summed E-state index contributed by atoms with van der Waals surface area (Å²) < 4.78 is 33.5. The number of nitrogens with zero attached hydrogens (tertiary/aromatic N) is 2.